The van der Waals surface area contributed by atoms with Crippen molar-refractivity contribution in [1.82, 2.24) is 0 Å². The fourth-order valence-electron chi connectivity index (χ4n) is 2.42. The summed E-state index contributed by atoms with van der Waals surface area (Å²) in [5, 5.41) is 10.3. The van der Waals surface area contributed by atoms with Crippen LogP contribution in [-0.4, -0.2) is 23.1 Å². The average molecular weight is 361 g/mol. The molecular formula is C19H17ClO3S. The van der Waals surface area contributed by atoms with Crippen LogP contribution in [0.15, 0.2) is 53.4 Å². The second kappa shape index (κ2) is 8.18. The van der Waals surface area contributed by atoms with Crippen molar-refractivity contribution in [3.05, 3.63) is 64.7 Å². The normalized spacial score (nSPS) is 11.8. The zero-order valence-electron chi connectivity index (χ0n) is 13.4. The van der Waals surface area contributed by atoms with Crippen molar-refractivity contribution in [2.45, 2.75) is 18.2 Å². The molecule has 124 valence electrons. The monoisotopic (exact) mass is 360 g/mol. The first kappa shape index (κ1) is 18.3. The predicted molar refractivity (Wildman–Crippen MR) is 99.4 cm³/mol. The number of Topliss-reactive ketones (excluding diaryl/α,β-unsaturated/α-hetero) is 1. The lowest BCUT2D eigenvalue weighted by molar-refractivity contribution is -0.130. The maximum atomic E-state index is 11.9. The summed E-state index contributed by atoms with van der Waals surface area (Å²) in [6.07, 6.45) is 2.03. The minimum Gasteiger partial charge on any atom is -0.478 e. The number of thioether (sulfide) groups is 1. The molecule has 0 unspecified atom stereocenters. The fraction of sp³-hybridized carbons (Fsp3) is 0.158. The highest BCUT2D eigenvalue weighted by Gasteiger charge is 2.19. The average Bonchev–Trinajstić information content (AvgIpc) is 2.55. The molecule has 0 aromatic heterocycles. The quantitative estimate of drug-likeness (QED) is 0.445. The third-order valence-corrected chi connectivity index (χ3v) is 4.51. The van der Waals surface area contributed by atoms with E-state index in [1.165, 1.54) is 6.92 Å². The zero-order valence-corrected chi connectivity index (χ0v) is 14.9. The maximum absolute atomic E-state index is 11.9. The summed E-state index contributed by atoms with van der Waals surface area (Å²) in [5.41, 5.74) is 1.89. The largest absolute Gasteiger partial charge is 0.478 e. The number of carboxylic acids is 1. The molecule has 0 aliphatic rings. The Balaban J connectivity index is 2.66. The van der Waals surface area contributed by atoms with E-state index in [0.29, 0.717) is 16.2 Å². The summed E-state index contributed by atoms with van der Waals surface area (Å²) in [6.45, 7) is 1.46. The van der Waals surface area contributed by atoms with Gasteiger partial charge >= 0.3 is 5.97 Å². The van der Waals surface area contributed by atoms with E-state index in [9.17, 15) is 14.7 Å². The van der Waals surface area contributed by atoms with Gasteiger partial charge in [-0.1, -0.05) is 35.9 Å². The van der Waals surface area contributed by atoms with E-state index in [1.807, 2.05) is 30.5 Å². The van der Waals surface area contributed by atoms with Gasteiger partial charge in [0.1, 0.15) is 5.78 Å². The van der Waals surface area contributed by atoms with Crippen LogP contribution in [0.3, 0.4) is 0 Å². The minimum absolute atomic E-state index is 0.0584. The van der Waals surface area contributed by atoms with Gasteiger partial charge in [-0.3, -0.25) is 4.79 Å². The van der Waals surface area contributed by atoms with E-state index in [-0.39, 0.29) is 17.8 Å². The first-order valence-electron chi connectivity index (χ1n) is 7.28. The molecule has 24 heavy (non-hydrogen) atoms. The van der Waals surface area contributed by atoms with Gasteiger partial charge in [-0.15, -0.1) is 11.8 Å². The van der Waals surface area contributed by atoms with Crippen molar-refractivity contribution in [2.75, 3.05) is 6.26 Å². The molecule has 2 aromatic carbocycles. The van der Waals surface area contributed by atoms with Crippen LogP contribution < -0.4 is 0 Å². The molecule has 0 saturated heterocycles. The van der Waals surface area contributed by atoms with Crippen LogP contribution in [0.1, 0.15) is 24.5 Å². The zero-order chi connectivity index (χ0) is 17.7. The number of ketones is 1. The van der Waals surface area contributed by atoms with Gasteiger partial charge in [0.15, 0.2) is 0 Å². The molecule has 0 aliphatic carbocycles. The van der Waals surface area contributed by atoms with E-state index in [2.05, 4.69) is 0 Å². The number of carboxylic acid groups (broad SMARTS) is 1. The number of allylic oxidation sites excluding steroid dienone is 1. The number of halogens is 1. The van der Waals surface area contributed by atoms with Crippen LogP contribution in [0.2, 0.25) is 5.02 Å². The molecule has 0 radical (unpaired) electrons. The Morgan fingerprint density at radius 1 is 1.00 bits per heavy atom. The molecule has 0 amide bonds. The van der Waals surface area contributed by atoms with Crippen molar-refractivity contribution in [3.8, 4) is 0 Å². The number of hydrogen-bond donors (Lipinski definition) is 1. The number of aliphatic carboxylic acids is 1. The summed E-state index contributed by atoms with van der Waals surface area (Å²) in [4.78, 5) is 24.7. The third kappa shape index (κ3) is 4.49. The first-order chi connectivity index (χ1) is 11.4. The Hall–Kier alpha value is -2.04. The van der Waals surface area contributed by atoms with E-state index in [1.54, 1.807) is 36.0 Å². The van der Waals surface area contributed by atoms with Crippen molar-refractivity contribution >= 4 is 46.3 Å². The minimum atomic E-state index is -1.07. The second-order valence-corrected chi connectivity index (χ2v) is 6.59. The lowest BCUT2D eigenvalue weighted by Crippen LogP contribution is -2.06. The lowest BCUT2D eigenvalue weighted by atomic mass is 9.91. The predicted octanol–water partition coefficient (Wildman–Crippen LogP) is 5.04. The number of carbonyl (C=O) groups is 2. The number of benzene rings is 2. The van der Waals surface area contributed by atoms with Gasteiger partial charge in [0, 0.05) is 16.3 Å². The SMILES string of the molecule is CSc1ccc(/C(CC(C)=O)=C(/C(=O)O)c2ccc(Cl)cc2)cc1. The van der Waals surface area contributed by atoms with Crippen molar-refractivity contribution in [3.63, 3.8) is 0 Å². The molecule has 2 rings (SSSR count). The van der Waals surface area contributed by atoms with E-state index in [0.717, 1.165) is 10.5 Å². The Labute approximate surface area is 150 Å². The van der Waals surface area contributed by atoms with Crippen LogP contribution in [0.5, 0.6) is 0 Å². The van der Waals surface area contributed by atoms with Crippen LogP contribution in [0.25, 0.3) is 11.1 Å². The Bertz CT molecular complexity index is 777. The molecular weight excluding hydrogens is 344 g/mol. The highest BCUT2D eigenvalue weighted by atomic mass is 35.5. The van der Waals surface area contributed by atoms with E-state index < -0.39 is 5.97 Å². The lowest BCUT2D eigenvalue weighted by Gasteiger charge is -2.13. The molecule has 0 spiro atoms. The Kier molecular flexibility index (Phi) is 6.23. The van der Waals surface area contributed by atoms with Crippen molar-refractivity contribution in [2.24, 2.45) is 0 Å². The third-order valence-electron chi connectivity index (χ3n) is 3.51. The molecule has 3 nitrogen and oxygen atoms in total. The smallest absolute Gasteiger partial charge is 0.336 e. The number of rotatable bonds is 6. The molecule has 0 bridgehead atoms. The van der Waals surface area contributed by atoms with Crippen LogP contribution in [0, 0.1) is 0 Å². The Morgan fingerprint density at radius 3 is 2.00 bits per heavy atom. The van der Waals surface area contributed by atoms with Crippen LogP contribution in [-0.2, 0) is 9.59 Å². The number of hydrogen-bond acceptors (Lipinski definition) is 3. The van der Waals surface area contributed by atoms with Gasteiger partial charge in [-0.05, 0) is 54.1 Å². The summed E-state index contributed by atoms with van der Waals surface area (Å²) >= 11 is 7.49. The Morgan fingerprint density at radius 2 is 1.54 bits per heavy atom. The molecule has 2 aromatic rings. The topological polar surface area (TPSA) is 54.4 Å². The summed E-state index contributed by atoms with van der Waals surface area (Å²) in [6, 6.07) is 14.1. The molecule has 0 fully saturated rings. The molecule has 5 heteroatoms. The standard InChI is InChI=1S/C19H17ClO3S/c1-12(21)11-17(13-5-9-16(24-2)10-6-13)18(19(22)23)14-3-7-15(20)8-4-14/h3-10H,11H2,1-2H3,(H,22,23)/b18-17+. The van der Waals surface area contributed by atoms with Crippen LogP contribution in [0.4, 0.5) is 0 Å². The van der Waals surface area contributed by atoms with E-state index in [4.69, 9.17) is 11.6 Å². The highest BCUT2D eigenvalue weighted by molar-refractivity contribution is 7.98. The van der Waals surface area contributed by atoms with E-state index >= 15 is 0 Å². The molecule has 0 aliphatic heterocycles. The van der Waals surface area contributed by atoms with Gasteiger partial charge in [0.25, 0.3) is 0 Å². The molecule has 0 saturated carbocycles. The van der Waals surface area contributed by atoms with Gasteiger partial charge in [0.05, 0.1) is 5.57 Å². The van der Waals surface area contributed by atoms with Crippen molar-refractivity contribution in [1.29, 1.82) is 0 Å². The highest BCUT2D eigenvalue weighted by Crippen LogP contribution is 2.31. The fourth-order valence-corrected chi connectivity index (χ4v) is 2.95. The molecule has 1 N–H and O–H groups in total. The summed E-state index contributed by atoms with van der Waals surface area (Å²) in [5.74, 6) is -1.16. The first-order valence-corrected chi connectivity index (χ1v) is 8.89. The van der Waals surface area contributed by atoms with Gasteiger partial charge in [0.2, 0.25) is 0 Å². The van der Waals surface area contributed by atoms with Crippen LogP contribution >= 0.6 is 23.4 Å². The summed E-state index contributed by atoms with van der Waals surface area (Å²) in [7, 11) is 0. The second-order valence-electron chi connectivity index (χ2n) is 5.27. The van der Waals surface area contributed by atoms with Gasteiger partial charge in [-0.2, -0.15) is 0 Å². The molecule has 0 atom stereocenters. The maximum Gasteiger partial charge on any atom is 0.336 e. The van der Waals surface area contributed by atoms with Gasteiger partial charge < -0.3 is 5.11 Å². The van der Waals surface area contributed by atoms with Gasteiger partial charge in [-0.25, -0.2) is 4.79 Å². The van der Waals surface area contributed by atoms with Crippen molar-refractivity contribution < 1.29 is 14.7 Å². The molecule has 0 heterocycles. The summed E-state index contributed by atoms with van der Waals surface area (Å²) < 4.78 is 0. The number of carbonyl (C=O) groups excluding carboxylic acids is 1.